The van der Waals surface area contributed by atoms with E-state index in [2.05, 4.69) is 4.72 Å². The number of hydrogen-bond donors (Lipinski definition) is 2. The van der Waals surface area contributed by atoms with Crippen LogP contribution in [0.1, 0.15) is 37.8 Å². The van der Waals surface area contributed by atoms with Crippen LogP contribution in [0.3, 0.4) is 0 Å². The van der Waals surface area contributed by atoms with Gasteiger partial charge < -0.3 is 5.11 Å². The molecule has 2 N–H and O–H groups in total. The molecule has 5 heteroatoms. The average Bonchev–Trinajstić information content (AvgIpc) is 2.83. The van der Waals surface area contributed by atoms with Crippen LogP contribution in [0.15, 0.2) is 23.1 Å². The van der Waals surface area contributed by atoms with Crippen molar-refractivity contribution in [1.82, 2.24) is 4.72 Å². The van der Waals surface area contributed by atoms with Gasteiger partial charge in [0, 0.05) is 6.54 Å². The van der Waals surface area contributed by atoms with Crippen LogP contribution in [0.5, 0.6) is 0 Å². The summed E-state index contributed by atoms with van der Waals surface area (Å²) in [5.74, 6) is 0.342. The van der Waals surface area contributed by atoms with E-state index in [4.69, 9.17) is 0 Å². The summed E-state index contributed by atoms with van der Waals surface area (Å²) in [5.41, 5.74) is 2.39. The number of fused-ring (bicyclic) bond motifs is 1. The highest BCUT2D eigenvalue weighted by Crippen LogP contribution is 2.24. The Morgan fingerprint density at radius 3 is 2.65 bits per heavy atom. The van der Waals surface area contributed by atoms with Gasteiger partial charge in [0.1, 0.15) is 0 Å². The second-order valence-corrected chi connectivity index (χ2v) is 7.69. The zero-order chi connectivity index (χ0) is 14.8. The maximum Gasteiger partial charge on any atom is 0.240 e. The fourth-order valence-electron chi connectivity index (χ4n) is 2.63. The van der Waals surface area contributed by atoms with E-state index < -0.39 is 16.1 Å². The first-order valence-electron chi connectivity index (χ1n) is 7.18. The van der Waals surface area contributed by atoms with Crippen molar-refractivity contribution < 1.29 is 13.5 Å². The minimum absolute atomic E-state index is 0.0671. The highest BCUT2D eigenvalue weighted by molar-refractivity contribution is 7.89. The van der Waals surface area contributed by atoms with Crippen molar-refractivity contribution in [1.29, 1.82) is 0 Å². The fraction of sp³-hybridized carbons (Fsp3) is 0.600. The van der Waals surface area contributed by atoms with E-state index in [0.717, 1.165) is 24.8 Å². The van der Waals surface area contributed by atoms with Gasteiger partial charge in [-0.15, -0.1) is 0 Å². The SMILES string of the molecule is CC(C)CC(O)CNS(=O)(=O)c1ccc2c(c1)CCC2. The van der Waals surface area contributed by atoms with Crippen LogP contribution in [-0.4, -0.2) is 26.2 Å². The number of sulfonamides is 1. The van der Waals surface area contributed by atoms with Crippen molar-refractivity contribution in [3.05, 3.63) is 29.3 Å². The summed E-state index contributed by atoms with van der Waals surface area (Å²) in [6, 6.07) is 5.32. The minimum Gasteiger partial charge on any atom is -0.392 e. The molecule has 0 bridgehead atoms. The standard InChI is InChI=1S/C15H23NO3S/c1-11(2)8-14(17)10-16-20(18,19)15-7-6-12-4-3-5-13(12)9-15/h6-7,9,11,14,16-17H,3-5,8,10H2,1-2H3. The Bertz CT molecular complexity index is 566. The monoisotopic (exact) mass is 297 g/mol. The van der Waals surface area contributed by atoms with Gasteiger partial charge >= 0.3 is 0 Å². The van der Waals surface area contributed by atoms with E-state index in [1.165, 1.54) is 5.56 Å². The Kier molecular flexibility index (Phi) is 4.83. The molecule has 0 saturated heterocycles. The summed E-state index contributed by atoms with van der Waals surface area (Å²) in [7, 11) is -3.52. The molecule has 0 aromatic heterocycles. The molecule has 0 spiro atoms. The Balaban J connectivity index is 2.03. The Morgan fingerprint density at radius 1 is 1.25 bits per heavy atom. The van der Waals surface area contributed by atoms with Crippen molar-refractivity contribution in [2.75, 3.05) is 6.54 Å². The largest absolute Gasteiger partial charge is 0.392 e. The first-order valence-corrected chi connectivity index (χ1v) is 8.66. The molecule has 1 aliphatic carbocycles. The highest BCUT2D eigenvalue weighted by atomic mass is 32.2. The quantitative estimate of drug-likeness (QED) is 0.842. The topological polar surface area (TPSA) is 66.4 Å². The normalized spacial score (nSPS) is 16.4. The zero-order valence-corrected chi connectivity index (χ0v) is 12.9. The van der Waals surface area contributed by atoms with Gasteiger partial charge in [-0.3, -0.25) is 0 Å². The van der Waals surface area contributed by atoms with Crippen LogP contribution < -0.4 is 4.72 Å². The summed E-state index contributed by atoms with van der Waals surface area (Å²) >= 11 is 0. The summed E-state index contributed by atoms with van der Waals surface area (Å²) in [6.45, 7) is 4.06. The van der Waals surface area contributed by atoms with Crippen molar-refractivity contribution in [2.45, 2.75) is 50.5 Å². The predicted octanol–water partition coefficient (Wildman–Crippen LogP) is 1.86. The lowest BCUT2D eigenvalue weighted by Gasteiger charge is -2.14. The number of aryl methyl sites for hydroxylation is 2. The molecule has 0 aliphatic heterocycles. The van der Waals surface area contributed by atoms with Gasteiger partial charge in [0.2, 0.25) is 10.0 Å². The molecule has 112 valence electrons. The van der Waals surface area contributed by atoms with Crippen LogP contribution >= 0.6 is 0 Å². The van der Waals surface area contributed by atoms with Crippen LogP contribution in [-0.2, 0) is 22.9 Å². The van der Waals surface area contributed by atoms with Crippen LogP contribution in [0, 0.1) is 5.92 Å². The first-order chi connectivity index (χ1) is 9.38. The Morgan fingerprint density at radius 2 is 1.95 bits per heavy atom. The number of aliphatic hydroxyl groups is 1. The van der Waals surface area contributed by atoms with Crippen LogP contribution in [0.25, 0.3) is 0 Å². The highest BCUT2D eigenvalue weighted by Gasteiger charge is 2.19. The molecule has 1 unspecified atom stereocenters. The van der Waals surface area contributed by atoms with E-state index in [1.54, 1.807) is 12.1 Å². The van der Waals surface area contributed by atoms with Crippen molar-refractivity contribution >= 4 is 10.0 Å². The molecule has 1 aromatic rings. The molecule has 2 rings (SSSR count). The lowest BCUT2D eigenvalue weighted by molar-refractivity contribution is 0.152. The van der Waals surface area contributed by atoms with Gasteiger partial charge in [0.25, 0.3) is 0 Å². The van der Waals surface area contributed by atoms with Gasteiger partial charge in [-0.2, -0.15) is 0 Å². The zero-order valence-electron chi connectivity index (χ0n) is 12.1. The average molecular weight is 297 g/mol. The number of benzene rings is 1. The van der Waals surface area contributed by atoms with Crippen molar-refractivity contribution in [2.24, 2.45) is 5.92 Å². The Labute approximate surface area is 121 Å². The van der Waals surface area contributed by atoms with E-state index in [0.29, 0.717) is 17.2 Å². The molecule has 1 aromatic carbocycles. The van der Waals surface area contributed by atoms with E-state index in [9.17, 15) is 13.5 Å². The Hall–Kier alpha value is -0.910. The molecule has 0 heterocycles. The van der Waals surface area contributed by atoms with Crippen molar-refractivity contribution in [3.8, 4) is 0 Å². The molecule has 20 heavy (non-hydrogen) atoms. The molecular formula is C15H23NO3S. The summed E-state index contributed by atoms with van der Waals surface area (Å²) in [4.78, 5) is 0.301. The third-order valence-corrected chi connectivity index (χ3v) is 5.05. The van der Waals surface area contributed by atoms with Crippen molar-refractivity contribution in [3.63, 3.8) is 0 Å². The summed E-state index contributed by atoms with van der Waals surface area (Å²) in [5, 5.41) is 9.76. The van der Waals surface area contributed by atoms with E-state index >= 15 is 0 Å². The number of aliphatic hydroxyl groups excluding tert-OH is 1. The number of hydrogen-bond acceptors (Lipinski definition) is 3. The molecular weight excluding hydrogens is 274 g/mol. The van der Waals surface area contributed by atoms with Crippen LogP contribution in [0.2, 0.25) is 0 Å². The van der Waals surface area contributed by atoms with Gasteiger partial charge in [0.15, 0.2) is 0 Å². The molecule has 1 atom stereocenters. The minimum atomic E-state index is -3.52. The van der Waals surface area contributed by atoms with E-state index in [-0.39, 0.29) is 6.54 Å². The molecule has 1 aliphatic rings. The molecule has 0 saturated carbocycles. The van der Waals surface area contributed by atoms with E-state index in [1.807, 2.05) is 19.9 Å². The first kappa shape index (κ1) is 15.5. The molecule has 0 amide bonds. The smallest absolute Gasteiger partial charge is 0.240 e. The maximum absolute atomic E-state index is 12.2. The number of rotatable bonds is 6. The summed E-state index contributed by atoms with van der Waals surface area (Å²) in [6.07, 6.45) is 3.04. The third kappa shape index (κ3) is 3.81. The second kappa shape index (κ2) is 6.24. The van der Waals surface area contributed by atoms with Gasteiger partial charge in [-0.25, -0.2) is 13.1 Å². The van der Waals surface area contributed by atoms with Gasteiger partial charge in [-0.05, 0) is 54.9 Å². The lowest BCUT2D eigenvalue weighted by Crippen LogP contribution is -2.32. The molecule has 0 fully saturated rings. The van der Waals surface area contributed by atoms with Gasteiger partial charge in [-0.1, -0.05) is 19.9 Å². The maximum atomic E-state index is 12.2. The third-order valence-electron chi connectivity index (χ3n) is 3.63. The van der Waals surface area contributed by atoms with Crippen LogP contribution in [0.4, 0.5) is 0 Å². The lowest BCUT2D eigenvalue weighted by atomic mass is 10.1. The predicted molar refractivity (Wildman–Crippen MR) is 79.1 cm³/mol. The van der Waals surface area contributed by atoms with Gasteiger partial charge in [0.05, 0.1) is 11.0 Å². The summed E-state index contributed by atoms with van der Waals surface area (Å²) < 4.78 is 26.9. The number of nitrogens with one attached hydrogen (secondary N) is 1. The fourth-order valence-corrected chi connectivity index (χ4v) is 3.76. The molecule has 0 radical (unpaired) electrons. The molecule has 4 nitrogen and oxygen atoms in total. The second-order valence-electron chi connectivity index (χ2n) is 5.92.